The summed E-state index contributed by atoms with van der Waals surface area (Å²) in [5, 5.41) is 2.92. The molecule has 0 aliphatic heterocycles. The number of imidazole rings is 1. The first-order chi connectivity index (χ1) is 5.34. The van der Waals surface area contributed by atoms with Crippen molar-refractivity contribution in [2.24, 2.45) is 0 Å². The number of carbonyl (C=O) groups excluding carboxylic acids is 1. The highest BCUT2D eigenvalue weighted by atomic mass is 16.1. The Balaban J connectivity index is 2.42. The molecule has 1 atom stereocenters. The second-order valence-corrected chi connectivity index (χ2v) is 2.22. The molecule has 2 N–H and O–H groups in total. The molecule has 1 aromatic rings. The molecule has 4 nitrogen and oxygen atoms in total. The highest BCUT2D eigenvalue weighted by molar-refractivity contribution is 5.52. The number of H-pyrrole nitrogens is 1. The van der Waals surface area contributed by atoms with Crippen LogP contribution in [0, 0.1) is 0 Å². The fourth-order valence-electron chi connectivity index (χ4n) is 0.806. The Labute approximate surface area is 65.0 Å². The summed E-state index contributed by atoms with van der Waals surface area (Å²) >= 11 is 0. The summed E-state index contributed by atoms with van der Waals surface area (Å²) in [6.45, 7) is 2.16. The van der Waals surface area contributed by atoms with Crippen molar-refractivity contribution in [2.75, 3.05) is 6.54 Å². The number of hydrogen-bond donors (Lipinski definition) is 2. The molecule has 1 radical (unpaired) electrons. The average molecular weight is 152 g/mol. The molecule has 0 aromatic carbocycles. The lowest BCUT2D eigenvalue weighted by molar-refractivity contribution is 0.532. The van der Waals surface area contributed by atoms with Crippen molar-refractivity contribution in [1.29, 1.82) is 0 Å². The first-order valence-electron chi connectivity index (χ1n) is 3.42. The minimum absolute atomic E-state index is 0.0754. The number of aromatic nitrogens is 2. The zero-order valence-corrected chi connectivity index (χ0v) is 6.29. The van der Waals surface area contributed by atoms with Gasteiger partial charge >= 0.3 is 0 Å². The van der Waals surface area contributed by atoms with Gasteiger partial charge in [0.15, 0.2) is 0 Å². The third-order valence-corrected chi connectivity index (χ3v) is 1.41. The van der Waals surface area contributed by atoms with Crippen LogP contribution in [0.3, 0.4) is 0 Å². The van der Waals surface area contributed by atoms with Gasteiger partial charge in [-0.3, -0.25) is 4.79 Å². The maximum atomic E-state index is 9.86. The summed E-state index contributed by atoms with van der Waals surface area (Å²) in [5.74, 6) is 0.834. The highest BCUT2D eigenvalue weighted by Crippen LogP contribution is 2.03. The molecule has 1 unspecified atom stereocenters. The van der Waals surface area contributed by atoms with Gasteiger partial charge in [0.25, 0.3) is 0 Å². The Kier molecular flexibility index (Phi) is 2.80. The van der Waals surface area contributed by atoms with E-state index < -0.39 is 0 Å². The summed E-state index contributed by atoms with van der Waals surface area (Å²) < 4.78 is 0. The van der Waals surface area contributed by atoms with Crippen LogP contribution >= 0.6 is 0 Å². The molecular weight excluding hydrogens is 142 g/mol. The minimum Gasteiger partial charge on any atom is -0.347 e. The Bertz CT molecular complexity index is 207. The van der Waals surface area contributed by atoms with E-state index in [1.54, 1.807) is 18.7 Å². The van der Waals surface area contributed by atoms with Gasteiger partial charge in [-0.2, -0.15) is 0 Å². The molecular formula is C7H10N3O. The molecule has 1 heterocycles. The zero-order chi connectivity index (χ0) is 8.10. The zero-order valence-electron chi connectivity index (χ0n) is 6.29. The van der Waals surface area contributed by atoms with Crippen LogP contribution in [0.2, 0.25) is 0 Å². The van der Waals surface area contributed by atoms with Gasteiger partial charge in [0.05, 0.1) is 12.6 Å². The molecule has 0 bridgehead atoms. The van der Waals surface area contributed by atoms with Gasteiger partial charge in [0.2, 0.25) is 6.29 Å². The van der Waals surface area contributed by atoms with Crippen LogP contribution < -0.4 is 5.32 Å². The molecule has 1 aromatic heterocycles. The lowest BCUT2D eigenvalue weighted by Gasteiger charge is -2.06. The molecule has 0 saturated heterocycles. The normalized spacial score (nSPS) is 12.8. The molecule has 4 heteroatoms. The molecule has 11 heavy (non-hydrogen) atoms. The van der Waals surface area contributed by atoms with E-state index in [0.717, 1.165) is 5.82 Å². The van der Waals surface area contributed by atoms with Crippen LogP contribution in [-0.2, 0) is 4.79 Å². The van der Waals surface area contributed by atoms with Gasteiger partial charge in [-0.1, -0.05) is 0 Å². The van der Waals surface area contributed by atoms with Crippen LogP contribution in [0.5, 0.6) is 0 Å². The Morgan fingerprint density at radius 2 is 2.73 bits per heavy atom. The Morgan fingerprint density at radius 3 is 3.27 bits per heavy atom. The maximum absolute atomic E-state index is 9.86. The maximum Gasteiger partial charge on any atom is 0.213 e. The number of nitrogens with one attached hydrogen (secondary N) is 2. The SMILES string of the molecule is CC(NC[C]=O)c1ncc[nH]1. The number of aromatic amines is 1. The first kappa shape index (κ1) is 7.94. The van der Waals surface area contributed by atoms with E-state index >= 15 is 0 Å². The van der Waals surface area contributed by atoms with Gasteiger partial charge in [-0.05, 0) is 6.92 Å². The van der Waals surface area contributed by atoms with Gasteiger partial charge in [-0.15, -0.1) is 0 Å². The topological polar surface area (TPSA) is 57.8 Å². The number of rotatable bonds is 4. The summed E-state index contributed by atoms with van der Waals surface area (Å²) in [4.78, 5) is 16.8. The van der Waals surface area contributed by atoms with Crippen LogP contribution in [-0.4, -0.2) is 22.8 Å². The monoisotopic (exact) mass is 152 g/mol. The minimum atomic E-state index is 0.0754. The van der Waals surface area contributed by atoms with Crippen molar-refractivity contribution in [3.63, 3.8) is 0 Å². The van der Waals surface area contributed by atoms with E-state index in [-0.39, 0.29) is 12.6 Å². The van der Waals surface area contributed by atoms with Crippen molar-refractivity contribution < 1.29 is 4.79 Å². The third kappa shape index (κ3) is 2.16. The van der Waals surface area contributed by atoms with Gasteiger partial charge < -0.3 is 10.3 Å². The van der Waals surface area contributed by atoms with E-state index in [0.29, 0.717) is 0 Å². The third-order valence-electron chi connectivity index (χ3n) is 1.41. The lowest BCUT2D eigenvalue weighted by Crippen LogP contribution is -2.21. The Morgan fingerprint density at radius 1 is 1.91 bits per heavy atom. The summed E-state index contributed by atoms with van der Waals surface area (Å²) in [7, 11) is 0. The molecule has 1 rings (SSSR count). The number of nitrogens with zero attached hydrogens (tertiary/aromatic N) is 1. The lowest BCUT2D eigenvalue weighted by atomic mass is 10.3. The van der Waals surface area contributed by atoms with Crippen LogP contribution in [0.25, 0.3) is 0 Å². The van der Waals surface area contributed by atoms with Gasteiger partial charge in [0.1, 0.15) is 5.82 Å². The van der Waals surface area contributed by atoms with Crippen LogP contribution in [0.4, 0.5) is 0 Å². The van der Waals surface area contributed by atoms with E-state index in [2.05, 4.69) is 15.3 Å². The van der Waals surface area contributed by atoms with Crippen molar-refractivity contribution in [3.8, 4) is 0 Å². The van der Waals surface area contributed by atoms with Crippen molar-refractivity contribution >= 4 is 6.29 Å². The smallest absolute Gasteiger partial charge is 0.213 e. The summed E-state index contributed by atoms with van der Waals surface area (Å²) in [5.41, 5.74) is 0. The van der Waals surface area contributed by atoms with Crippen LogP contribution in [0.15, 0.2) is 12.4 Å². The summed E-state index contributed by atoms with van der Waals surface area (Å²) in [6.07, 6.45) is 5.18. The van der Waals surface area contributed by atoms with E-state index in [1.165, 1.54) is 0 Å². The molecule has 0 aliphatic rings. The fraction of sp³-hybridized carbons (Fsp3) is 0.429. The van der Waals surface area contributed by atoms with E-state index in [4.69, 9.17) is 0 Å². The van der Waals surface area contributed by atoms with Crippen molar-refractivity contribution in [1.82, 2.24) is 15.3 Å². The van der Waals surface area contributed by atoms with Gasteiger partial charge in [-0.25, -0.2) is 4.98 Å². The van der Waals surface area contributed by atoms with Crippen molar-refractivity contribution in [2.45, 2.75) is 13.0 Å². The van der Waals surface area contributed by atoms with E-state index in [1.807, 2.05) is 6.92 Å². The molecule has 0 fully saturated rings. The van der Waals surface area contributed by atoms with Crippen molar-refractivity contribution in [3.05, 3.63) is 18.2 Å². The van der Waals surface area contributed by atoms with Crippen LogP contribution in [0.1, 0.15) is 18.8 Å². The Hall–Kier alpha value is -1.16. The fourth-order valence-corrected chi connectivity index (χ4v) is 0.806. The second kappa shape index (κ2) is 3.88. The summed E-state index contributed by atoms with van der Waals surface area (Å²) in [6, 6.07) is 0.0754. The molecule has 0 aliphatic carbocycles. The van der Waals surface area contributed by atoms with Gasteiger partial charge in [0, 0.05) is 12.4 Å². The standard InChI is InChI=1S/C7H10N3O/c1-6(8-4-5-11)7-9-2-3-10-7/h2-3,6,8H,4H2,1H3,(H,9,10). The second-order valence-electron chi connectivity index (χ2n) is 2.22. The largest absolute Gasteiger partial charge is 0.347 e. The predicted molar refractivity (Wildman–Crippen MR) is 40.7 cm³/mol. The average Bonchev–Trinajstić information content (AvgIpc) is 2.52. The van der Waals surface area contributed by atoms with E-state index in [9.17, 15) is 4.79 Å². The number of hydrogen-bond acceptors (Lipinski definition) is 3. The molecule has 0 saturated carbocycles. The quantitative estimate of drug-likeness (QED) is 0.646. The first-order valence-corrected chi connectivity index (χ1v) is 3.42. The molecule has 0 amide bonds. The highest BCUT2D eigenvalue weighted by Gasteiger charge is 2.04. The predicted octanol–water partition coefficient (Wildman–Crippen LogP) is 0.170. The molecule has 59 valence electrons. The molecule has 0 spiro atoms.